The molecule has 0 radical (unpaired) electrons. The van der Waals surface area contributed by atoms with Crippen molar-refractivity contribution in [2.45, 2.75) is 6.54 Å². The molecule has 0 spiro atoms. The Morgan fingerprint density at radius 1 is 1.62 bits per heavy atom. The molecule has 1 aromatic rings. The fourth-order valence-corrected chi connectivity index (χ4v) is 1.78. The number of aromatic nitrogens is 1. The Kier molecular flexibility index (Phi) is 3.47. The first-order valence-corrected chi connectivity index (χ1v) is 4.65. The molecule has 0 atom stereocenters. The third kappa shape index (κ3) is 2.30. The van der Waals surface area contributed by atoms with E-state index in [0.29, 0.717) is 12.4 Å². The largest absolute Gasteiger partial charge is 0.480 e. The van der Waals surface area contributed by atoms with Crippen LogP contribution in [0, 0.1) is 0 Å². The SMILES string of the molecule is COc1nc(N(C)C)sc1CNN. The van der Waals surface area contributed by atoms with E-state index < -0.39 is 0 Å². The summed E-state index contributed by atoms with van der Waals surface area (Å²) in [5, 5.41) is 0.919. The maximum atomic E-state index is 5.23. The van der Waals surface area contributed by atoms with Gasteiger partial charge in [-0.15, -0.1) is 0 Å². The maximum Gasteiger partial charge on any atom is 0.230 e. The third-order valence-electron chi connectivity index (χ3n) is 1.49. The molecule has 0 bridgehead atoms. The standard InChI is InChI=1S/C7H14N4OS/c1-11(2)7-10-6(12-3)5(13-7)4-9-8/h9H,4,8H2,1-3H3. The van der Waals surface area contributed by atoms with Crippen molar-refractivity contribution in [3.8, 4) is 5.88 Å². The highest BCUT2D eigenvalue weighted by Crippen LogP contribution is 2.29. The molecule has 3 N–H and O–H groups in total. The monoisotopic (exact) mass is 202 g/mol. The first-order chi connectivity index (χ1) is 6.19. The summed E-state index contributed by atoms with van der Waals surface area (Å²) in [7, 11) is 5.49. The van der Waals surface area contributed by atoms with Crippen LogP contribution in [0.1, 0.15) is 4.88 Å². The lowest BCUT2D eigenvalue weighted by molar-refractivity contribution is 0.395. The summed E-state index contributed by atoms with van der Waals surface area (Å²) < 4.78 is 5.11. The van der Waals surface area contributed by atoms with E-state index >= 15 is 0 Å². The molecule has 0 aromatic carbocycles. The van der Waals surface area contributed by atoms with Crippen molar-refractivity contribution in [2.24, 2.45) is 5.84 Å². The fourth-order valence-electron chi connectivity index (χ4n) is 0.881. The van der Waals surface area contributed by atoms with Gasteiger partial charge in [0.05, 0.1) is 12.0 Å². The molecular weight excluding hydrogens is 188 g/mol. The Bertz CT molecular complexity index is 273. The Labute approximate surface area is 81.5 Å². The van der Waals surface area contributed by atoms with Gasteiger partial charge < -0.3 is 9.64 Å². The summed E-state index contributed by atoms with van der Waals surface area (Å²) in [6, 6.07) is 0. The molecule has 0 fully saturated rings. The highest BCUT2D eigenvalue weighted by molar-refractivity contribution is 7.15. The van der Waals surface area contributed by atoms with Crippen molar-refractivity contribution in [3.05, 3.63) is 4.88 Å². The van der Waals surface area contributed by atoms with Gasteiger partial charge in [-0.1, -0.05) is 11.3 Å². The smallest absolute Gasteiger partial charge is 0.230 e. The number of rotatable bonds is 4. The van der Waals surface area contributed by atoms with E-state index in [2.05, 4.69) is 10.4 Å². The predicted molar refractivity (Wildman–Crippen MR) is 54.0 cm³/mol. The average molecular weight is 202 g/mol. The van der Waals surface area contributed by atoms with Gasteiger partial charge in [0, 0.05) is 20.6 Å². The zero-order chi connectivity index (χ0) is 9.84. The number of methoxy groups -OCH3 is 1. The number of nitrogens with one attached hydrogen (secondary N) is 1. The number of anilines is 1. The van der Waals surface area contributed by atoms with Crippen LogP contribution in [0.4, 0.5) is 5.13 Å². The summed E-state index contributed by atoms with van der Waals surface area (Å²) in [6.07, 6.45) is 0. The normalized spacial score (nSPS) is 10.2. The maximum absolute atomic E-state index is 5.23. The van der Waals surface area contributed by atoms with Crippen LogP contribution in [-0.4, -0.2) is 26.2 Å². The van der Waals surface area contributed by atoms with Crippen LogP contribution in [0.5, 0.6) is 5.88 Å². The van der Waals surface area contributed by atoms with Gasteiger partial charge in [0.25, 0.3) is 0 Å². The number of nitrogens with zero attached hydrogens (tertiary/aromatic N) is 2. The molecule has 0 saturated carbocycles. The van der Waals surface area contributed by atoms with Gasteiger partial charge >= 0.3 is 0 Å². The van der Waals surface area contributed by atoms with Crippen molar-refractivity contribution >= 4 is 16.5 Å². The van der Waals surface area contributed by atoms with Gasteiger partial charge in [-0.05, 0) is 0 Å². The first kappa shape index (κ1) is 10.2. The number of hydrazine groups is 1. The van der Waals surface area contributed by atoms with Crippen molar-refractivity contribution in [1.29, 1.82) is 0 Å². The quantitative estimate of drug-likeness (QED) is 0.539. The van der Waals surface area contributed by atoms with Crippen LogP contribution in [-0.2, 0) is 6.54 Å². The van der Waals surface area contributed by atoms with E-state index in [1.165, 1.54) is 0 Å². The van der Waals surface area contributed by atoms with Crippen molar-refractivity contribution in [1.82, 2.24) is 10.4 Å². The molecule has 6 heteroatoms. The molecule has 1 rings (SSSR count). The summed E-state index contributed by atoms with van der Waals surface area (Å²) in [6.45, 7) is 0.578. The number of hydrogen-bond donors (Lipinski definition) is 2. The van der Waals surface area contributed by atoms with Gasteiger partial charge in [-0.3, -0.25) is 11.3 Å². The van der Waals surface area contributed by atoms with E-state index in [9.17, 15) is 0 Å². The predicted octanol–water partition coefficient (Wildman–Crippen LogP) is 0.181. The third-order valence-corrected chi connectivity index (χ3v) is 2.69. The Hall–Kier alpha value is -0.850. The Morgan fingerprint density at radius 3 is 2.77 bits per heavy atom. The van der Waals surface area contributed by atoms with Crippen molar-refractivity contribution < 1.29 is 4.74 Å². The van der Waals surface area contributed by atoms with Gasteiger partial charge in [0.15, 0.2) is 5.13 Å². The number of ether oxygens (including phenoxy) is 1. The van der Waals surface area contributed by atoms with Crippen LogP contribution < -0.4 is 20.9 Å². The molecule has 0 aliphatic heterocycles. The molecule has 0 saturated heterocycles. The van der Waals surface area contributed by atoms with Crippen LogP contribution in [0.15, 0.2) is 0 Å². The lowest BCUT2D eigenvalue weighted by atomic mass is 10.5. The molecule has 0 unspecified atom stereocenters. The minimum absolute atomic E-state index is 0.578. The molecule has 1 aromatic heterocycles. The van der Waals surface area contributed by atoms with E-state index in [0.717, 1.165) is 10.0 Å². The zero-order valence-electron chi connectivity index (χ0n) is 8.00. The summed E-state index contributed by atoms with van der Waals surface area (Å²) in [5.74, 6) is 5.87. The second-order valence-electron chi connectivity index (χ2n) is 2.70. The minimum atomic E-state index is 0.578. The average Bonchev–Trinajstić information content (AvgIpc) is 2.48. The van der Waals surface area contributed by atoms with Gasteiger partial charge in [-0.25, -0.2) is 0 Å². The molecule has 0 aliphatic rings. The topological polar surface area (TPSA) is 63.4 Å². The molecule has 13 heavy (non-hydrogen) atoms. The minimum Gasteiger partial charge on any atom is -0.480 e. The van der Waals surface area contributed by atoms with Crippen LogP contribution in [0.2, 0.25) is 0 Å². The molecule has 5 nitrogen and oxygen atoms in total. The van der Waals surface area contributed by atoms with Crippen LogP contribution in [0.3, 0.4) is 0 Å². The second kappa shape index (κ2) is 4.40. The van der Waals surface area contributed by atoms with Crippen LogP contribution >= 0.6 is 11.3 Å². The highest BCUT2D eigenvalue weighted by Gasteiger charge is 2.11. The van der Waals surface area contributed by atoms with E-state index in [4.69, 9.17) is 10.6 Å². The van der Waals surface area contributed by atoms with Crippen molar-refractivity contribution in [2.75, 3.05) is 26.1 Å². The van der Waals surface area contributed by atoms with Crippen molar-refractivity contribution in [3.63, 3.8) is 0 Å². The number of hydrogen-bond acceptors (Lipinski definition) is 6. The molecule has 0 amide bonds. The number of thiazole rings is 1. The van der Waals surface area contributed by atoms with Crippen LogP contribution in [0.25, 0.3) is 0 Å². The van der Waals surface area contributed by atoms with Gasteiger partial charge in [0.1, 0.15) is 0 Å². The van der Waals surface area contributed by atoms with E-state index in [-0.39, 0.29) is 0 Å². The summed E-state index contributed by atoms with van der Waals surface area (Å²) in [4.78, 5) is 7.22. The molecule has 74 valence electrons. The summed E-state index contributed by atoms with van der Waals surface area (Å²) >= 11 is 1.56. The van der Waals surface area contributed by atoms with E-state index in [1.807, 2.05) is 19.0 Å². The van der Waals surface area contributed by atoms with Gasteiger partial charge in [0.2, 0.25) is 5.88 Å². The lowest BCUT2D eigenvalue weighted by Crippen LogP contribution is -2.20. The second-order valence-corrected chi connectivity index (χ2v) is 3.77. The first-order valence-electron chi connectivity index (χ1n) is 3.83. The zero-order valence-corrected chi connectivity index (χ0v) is 8.81. The molecule has 1 heterocycles. The summed E-state index contributed by atoms with van der Waals surface area (Å²) in [5.41, 5.74) is 2.58. The lowest BCUT2D eigenvalue weighted by Gasteiger charge is -2.04. The van der Waals surface area contributed by atoms with Gasteiger partial charge in [-0.2, -0.15) is 4.98 Å². The Morgan fingerprint density at radius 2 is 2.31 bits per heavy atom. The number of nitrogens with two attached hydrogens (primary N) is 1. The molecular formula is C7H14N4OS. The van der Waals surface area contributed by atoms with E-state index in [1.54, 1.807) is 18.4 Å². The fraction of sp³-hybridized carbons (Fsp3) is 0.571. The molecule has 0 aliphatic carbocycles. The Balaban J connectivity index is 2.90. The highest BCUT2D eigenvalue weighted by atomic mass is 32.1.